The summed E-state index contributed by atoms with van der Waals surface area (Å²) in [4.78, 5) is 7.09. The highest BCUT2D eigenvalue weighted by molar-refractivity contribution is 5.79. The Morgan fingerprint density at radius 2 is 1.94 bits per heavy atom. The van der Waals surface area contributed by atoms with Crippen molar-refractivity contribution in [3.05, 3.63) is 0 Å². The van der Waals surface area contributed by atoms with Crippen LogP contribution in [0.3, 0.4) is 0 Å². The van der Waals surface area contributed by atoms with Gasteiger partial charge in [-0.25, -0.2) is 10.8 Å². The van der Waals surface area contributed by atoms with E-state index in [1.807, 2.05) is 0 Å². The number of nitrogens with one attached hydrogen (secondary N) is 1. The Balaban J connectivity index is 1.92. The predicted octanol–water partition coefficient (Wildman–Crippen LogP) is 1.87. The zero-order chi connectivity index (χ0) is 12.1. The fourth-order valence-corrected chi connectivity index (χ4v) is 2.77. The summed E-state index contributed by atoms with van der Waals surface area (Å²) >= 11 is 0. The van der Waals surface area contributed by atoms with Crippen molar-refractivity contribution in [2.75, 3.05) is 13.1 Å². The highest BCUT2D eigenvalue weighted by Crippen LogP contribution is 2.27. The van der Waals surface area contributed by atoms with E-state index in [4.69, 9.17) is 10.8 Å². The van der Waals surface area contributed by atoms with Crippen molar-refractivity contribution in [3.8, 4) is 0 Å². The molecule has 3 N–H and O–H groups in total. The number of hydrazine groups is 1. The largest absolute Gasteiger partial charge is 0.342 e. The molecule has 17 heavy (non-hydrogen) atoms. The molecule has 0 aromatic heterocycles. The zero-order valence-electron chi connectivity index (χ0n) is 11.0. The lowest BCUT2D eigenvalue weighted by Gasteiger charge is -2.33. The molecule has 0 aromatic carbocycles. The molecule has 98 valence electrons. The van der Waals surface area contributed by atoms with Crippen LogP contribution >= 0.6 is 0 Å². The Bertz CT molecular complexity index is 254. The minimum absolute atomic E-state index is 0.497. The molecule has 4 nitrogen and oxygen atoms in total. The Morgan fingerprint density at radius 3 is 2.41 bits per heavy atom. The van der Waals surface area contributed by atoms with E-state index >= 15 is 0 Å². The van der Waals surface area contributed by atoms with Gasteiger partial charge >= 0.3 is 0 Å². The van der Waals surface area contributed by atoms with Crippen LogP contribution in [0, 0.1) is 5.92 Å². The number of aliphatic imine (C=N–C) groups is 1. The second-order valence-electron chi connectivity index (χ2n) is 5.37. The molecule has 0 aliphatic heterocycles. The second-order valence-corrected chi connectivity index (χ2v) is 5.37. The van der Waals surface area contributed by atoms with E-state index in [0.29, 0.717) is 6.04 Å². The highest BCUT2D eigenvalue weighted by Gasteiger charge is 2.22. The van der Waals surface area contributed by atoms with Gasteiger partial charge in [-0.15, -0.1) is 0 Å². The molecule has 0 spiro atoms. The molecule has 4 heteroatoms. The number of nitrogens with two attached hydrogens (primary N) is 1. The Hall–Kier alpha value is -0.770. The van der Waals surface area contributed by atoms with E-state index < -0.39 is 0 Å². The van der Waals surface area contributed by atoms with Crippen LogP contribution in [0.25, 0.3) is 0 Å². The minimum Gasteiger partial charge on any atom is -0.342 e. The van der Waals surface area contributed by atoms with E-state index in [0.717, 1.165) is 25.0 Å². The lowest BCUT2D eigenvalue weighted by atomic mass is 9.85. The molecule has 2 rings (SSSR count). The molecule has 0 amide bonds. The lowest BCUT2D eigenvalue weighted by molar-refractivity contribution is 0.240. The summed E-state index contributed by atoms with van der Waals surface area (Å²) in [6.45, 7) is 4.29. The van der Waals surface area contributed by atoms with Crippen molar-refractivity contribution >= 4 is 5.96 Å². The number of hydrogen-bond acceptors (Lipinski definition) is 2. The Kier molecular flexibility index (Phi) is 4.66. The summed E-state index contributed by atoms with van der Waals surface area (Å²) in [6, 6.07) is 0.497. The molecular weight excluding hydrogens is 212 g/mol. The van der Waals surface area contributed by atoms with Gasteiger partial charge in [-0.2, -0.15) is 0 Å². The third-order valence-electron chi connectivity index (χ3n) is 4.14. The van der Waals surface area contributed by atoms with Gasteiger partial charge in [0.25, 0.3) is 0 Å². The van der Waals surface area contributed by atoms with E-state index in [2.05, 4.69) is 17.2 Å². The number of rotatable bonds is 4. The lowest BCUT2D eigenvalue weighted by Crippen LogP contribution is -2.47. The van der Waals surface area contributed by atoms with Crippen molar-refractivity contribution < 1.29 is 0 Å². The van der Waals surface area contributed by atoms with Crippen LogP contribution in [0.5, 0.6) is 0 Å². The van der Waals surface area contributed by atoms with Gasteiger partial charge in [-0.05, 0) is 38.5 Å². The molecule has 0 aromatic rings. The molecule has 2 fully saturated rings. The van der Waals surface area contributed by atoms with Crippen LogP contribution in [0.15, 0.2) is 4.99 Å². The van der Waals surface area contributed by atoms with Gasteiger partial charge < -0.3 is 4.90 Å². The van der Waals surface area contributed by atoms with Gasteiger partial charge in [0.1, 0.15) is 0 Å². The zero-order valence-corrected chi connectivity index (χ0v) is 11.0. The molecule has 2 aliphatic rings. The van der Waals surface area contributed by atoms with Crippen LogP contribution in [-0.4, -0.2) is 30.0 Å². The SMILES string of the molecule is CCN(CC1CCC1)C(=NC1CCCC1)NN. The number of nitrogens with zero attached hydrogens (tertiary/aromatic N) is 2. The first kappa shape index (κ1) is 12.7. The number of hydrogen-bond donors (Lipinski definition) is 2. The summed E-state index contributed by atoms with van der Waals surface area (Å²) < 4.78 is 0. The van der Waals surface area contributed by atoms with E-state index in [9.17, 15) is 0 Å². The van der Waals surface area contributed by atoms with E-state index in [1.165, 1.54) is 44.9 Å². The predicted molar refractivity (Wildman–Crippen MR) is 71.6 cm³/mol. The quantitative estimate of drug-likeness (QED) is 0.340. The van der Waals surface area contributed by atoms with Crippen LogP contribution in [0.4, 0.5) is 0 Å². The van der Waals surface area contributed by atoms with E-state index in [1.54, 1.807) is 0 Å². The maximum atomic E-state index is 5.64. The molecular formula is C13H26N4. The molecule has 0 bridgehead atoms. The minimum atomic E-state index is 0.497. The van der Waals surface area contributed by atoms with Crippen molar-refractivity contribution in [1.29, 1.82) is 0 Å². The third-order valence-corrected chi connectivity index (χ3v) is 4.14. The van der Waals surface area contributed by atoms with Crippen LogP contribution in [0.2, 0.25) is 0 Å². The van der Waals surface area contributed by atoms with Gasteiger partial charge in [0.2, 0.25) is 5.96 Å². The summed E-state index contributed by atoms with van der Waals surface area (Å²) in [6.07, 6.45) is 9.24. The first-order valence-electron chi connectivity index (χ1n) is 7.12. The molecule has 0 unspecified atom stereocenters. The van der Waals surface area contributed by atoms with E-state index in [-0.39, 0.29) is 0 Å². The molecule has 0 heterocycles. The fourth-order valence-electron chi connectivity index (χ4n) is 2.77. The first-order valence-corrected chi connectivity index (χ1v) is 7.12. The topological polar surface area (TPSA) is 53.6 Å². The molecule has 0 saturated heterocycles. The molecule has 0 radical (unpaired) electrons. The van der Waals surface area contributed by atoms with Crippen molar-refractivity contribution in [1.82, 2.24) is 10.3 Å². The third kappa shape index (κ3) is 3.35. The summed E-state index contributed by atoms with van der Waals surface area (Å²) in [7, 11) is 0. The van der Waals surface area contributed by atoms with Gasteiger partial charge in [-0.3, -0.25) is 5.43 Å². The summed E-state index contributed by atoms with van der Waals surface area (Å²) in [5.41, 5.74) is 2.81. The standard InChI is InChI=1S/C13H26N4/c1-2-17(10-11-6-5-7-11)13(16-14)15-12-8-3-4-9-12/h11-12H,2-10,14H2,1H3,(H,15,16). The molecule has 2 aliphatic carbocycles. The van der Waals surface area contributed by atoms with Crippen molar-refractivity contribution in [3.63, 3.8) is 0 Å². The van der Waals surface area contributed by atoms with Gasteiger partial charge in [-0.1, -0.05) is 19.3 Å². The Morgan fingerprint density at radius 1 is 1.24 bits per heavy atom. The first-order chi connectivity index (χ1) is 8.33. The molecule has 2 saturated carbocycles. The second kappa shape index (κ2) is 6.24. The average molecular weight is 238 g/mol. The van der Waals surface area contributed by atoms with Gasteiger partial charge in [0.15, 0.2) is 0 Å². The summed E-state index contributed by atoms with van der Waals surface area (Å²) in [5, 5.41) is 0. The Labute approximate surface area is 105 Å². The highest BCUT2D eigenvalue weighted by atomic mass is 15.4. The van der Waals surface area contributed by atoms with Crippen LogP contribution < -0.4 is 11.3 Å². The summed E-state index contributed by atoms with van der Waals surface area (Å²) in [5.74, 6) is 7.41. The van der Waals surface area contributed by atoms with Gasteiger partial charge in [0.05, 0.1) is 6.04 Å². The van der Waals surface area contributed by atoms with Crippen LogP contribution in [0.1, 0.15) is 51.9 Å². The average Bonchev–Trinajstić information content (AvgIpc) is 2.78. The van der Waals surface area contributed by atoms with Crippen LogP contribution in [-0.2, 0) is 0 Å². The monoisotopic (exact) mass is 238 g/mol. The maximum absolute atomic E-state index is 5.64. The fraction of sp³-hybridized carbons (Fsp3) is 0.923. The maximum Gasteiger partial charge on any atom is 0.208 e. The smallest absolute Gasteiger partial charge is 0.208 e. The normalized spacial score (nSPS) is 22.6. The van der Waals surface area contributed by atoms with Crippen molar-refractivity contribution in [2.24, 2.45) is 16.8 Å². The van der Waals surface area contributed by atoms with Crippen molar-refractivity contribution in [2.45, 2.75) is 57.9 Å². The molecule has 0 atom stereocenters. The number of guanidine groups is 1. The van der Waals surface area contributed by atoms with Gasteiger partial charge in [0, 0.05) is 13.1 Å².